The Bertz CT molecular complexity index is 1270. The second-order valence-electron chi connectivity index (χ2n) is 8.20. The molecule has 4 rings (SSSR count). The molecular formula is C27H20F4O7. The molecule has 1 fully saturated rings. The lowest BCUT2D eigenvalue weighted by molar-refractivity contribution is -0.291. The number of carbonyl (C=O) groups excluding carboxylic acids is 3. The van der Waals surface area contributed by atoms with Crippen molar-refractivity contribution in [3.05, 3.63) is 108 Å². The number of alkyl halides is 4. The van der Waals surface area contributed by atoms with Gasteiger partial charge in [0, 0.05) is 0 Å². The van der Waals surface area contributed by atoms with Gasteiger partial charge < -0.3 is 18.9 Å². The molecule has 38 heavy (non-hydrogen) atoms. The van der Waals surface area contributed by atoms with Gasteiger partial charge in [-0.2, -0.15) is 13.2 Å². The molecule has 4 atom stereocenters. The molecule has 1 aliphatic rings. The number of hydrogen-bond acceptors (Lipinski definition) is 7. The van der Waals surface area contributed by atoms with Crippen molar-refractivity contribution in [2.45, 2.75) is 30.3 Å². The van der Waals surface area contributed by atoms with Crippen LogP contribution in [0.3, 0.4) is 0 Å². The maximum absolute atomic E-state index is 16.1. The first-order valence-corrected chi connectivity index (χ1v) is 11.3. The van der Waals surface area contributed by atoms with E-state index in [1.54, 1.807) is 18.2 Å². The molecule has 0 aliphatic carbocycles. The molecule has 7 nitrogen and oxygen atoms in total. The molecule has 0 spiro atoms. The van der Waals surface area contributed by atoms with Crippen LogP contribution in [0.2, 0.25) is 0 Å². The van der Waals surface area contributed by atoms with Crippen LogP contribution >= 0.6 is 0 Å². The fraction of sp³-hybridized carbons (Fsp3) is 0.222. The molecular weight excluding hydrogens is 512 g/mol. The number of hydrogen-bond donors (Lipinski definition) is 0. The van der Waals surface area contributed by atoms with E-state index in [4.69, 9.17) is 18.9 Å². The third-order valence-electron chi connectivity index (χ3n) is 5.68. The molecule has 0 bridgehead atoms. The molecule has 1 heterocycles. The van der Waals surface area contributed by atoms with Crippen LogP contribution in [-0.4, -0.2) is 54.9 Å². The third kappa shape index (κ3) is 5.52. The Hall–Kier alpha value is -4.25. The Balaban J connectivity index is 1.64. The fourth-order valence-corrected chi connectivity index (χ4v) is 3.74. The summed E-state index contributed by atoms with van der Waals surface area (Å²) >= 11 is 0. The van der Waals surface area contributed by atoms with Crippen molar-refractivity contribution in [1.29, 1.82) is 0 Å². The van der Waals surface area contributed by atoms with Gasteiger partial charge in [0.25, 0.3) is 6.29 Å². The van der Waals surface area contributed by atoms with Crippen LogP contribution in [0.25, 0.3) is 0 Å². The van der Waals surface area contributed by atoms with Crippen LogP contribution in [-0.2, 0) is 18.9 Å². The number of halogens is 4. The molecule has 0 saturated carbocycles. The highest BCUT2D eigenvalue weighted by Crippen LogP contribution is 2.49. The summed E-state index contributed by atoms with van der Waals surface area (Å²) in [6.45, 7) is -0.943. The van der Waals surface area contributed by atoms with E-state index < -0.39 is 54.9 Å². The largest absolute Gasteiger partial charge is 0.459 e. The van der Waals surface area contributed by atoms with Gasteiger partial charge in [-0.1, -0.05) is 54.6 Å². The summed E-state index contributed by atoms with van der Waals surface area (Å²) < 4.78 is 78.7. The van der Waals surface area contributed by atoms with Gasteiger partial charge in [-0.3, -0.25) is 0 Å². The molecule has 1 unspecified atom stereocenters. The smallest absolute Gasteiger partial charge is 0.432 e. The van der Waals surface area contributed by atoms with E-state index in [2.05, 4.69) is 0 Å². The molecule has 1 aliphatic heterocycles. The number of ether oxygens (including phenoxy) is 4. The average Bonchev–Trinajstić information content (AvgIpc) is 3.19. The van der Waals surface area contributed by atoms with Crippen LogP contribution in [0.4, 0.5) is 17.6 Å². The minimum Gasteiger partial charge on any atom is -0.459 e. The number of esters is 3. The molecule has 3 aromatic carbocycles. The van der Waals surface area contributed by atoms with Gasteiger partial charge in [-0.25, -0.2) is 18.8 Å². The lowest BCUT2D eigenvalue weighted by Crippen LogP contribution is -2.58. The highest BCUT2D eigenvalue weighted by atomic mass is 19.4. The Morgan fingerprint density at radius 2 is 1.13 bits per heavy atom. The van der Waals surface area contributed by atoms with Gasteiger partial charge in [0.1, 0.15) is 12.7 Å². The van der Waals surface area contributed by atoms with Crippen LogP contribution in [0, 0.1) is 0 Å². The molecule has 1 saturated heterocycles. The van der Waals surface area contributed by atoms with E-state index in [9.17, 15) is 27.6 Å². The predicted molar refractivity (Wildman–Crippen MR) is 123 cm³/mol. The van der Waals surface area contributed by atoms with E-state index >= 15 is 4.39 Å². The normalized spacial score (nSPS) is 22.9. The zero-order chi connectivity index (χ0) is 27.3. The molecule has 3 aromatic rings. The quantitative estimate of drug-likeness (QED) is 0.243. The van der Waals surface area contributed by atoms with Crippen molar-refractivity contribution in [3.8, 4) is 0 Å². The third-order valence-corrected chi connectivity index (χ3v) is 5.68. The summed E-state index contributed by atoms with van der Waals surface area (Å²) in [5.74, 6) is -3.54. The van der Waals surface area contributed by atoms with Crippen molar-refractivity contribution < 1.29 is 50.9 Å². The standard InChI is InChI=1S/C27H20F4O7/c28-26(27(29,30)31)21(37-23(33)18-12-6-2-7-13-18)20(16-35-22(32)17-10-4-1-5-11-17)36-25(26)38-24(34)19-14-8-3-9-15-19/h1-15,20-21,25H,16H2/t20-,21-,25?,26-/m1/s1. The van der Waals surface area contributed by atoms with Gasteiger partial charge in [0.05, 0.1) is 16.7 Å². The van der Waals surface area contributed by atoms with Crippen molar-refractivity contribution in [1.82, 2.24) is 0 Å². The SMILES string of the molecule is O=C(OC[C@H]1OC(OC(=O)c2ccccc2)[C@@](F)(C(F)(F)F)[C@@H]1OC(=O)c1ccccc1)c1ccccc1. The van der Waals surface area contributed by atoms with E-state index in [-0.39, 0.29) is 16.7 Å². The van der Waals surface area contributed by atoms with Gasteiger partial charge in [0.15, 0.2) is 6.10 Å². The summed E-state index contributed by atoms with van der Waals surface area (Å²) in [5.41, 5.74) is -4.76. The highest BCUT2D eigenvalue weighted by molar-refractivity contribution is 5.90. The molecule has 11 heteroatoms. The van der Waals surface area contributed by atoms with Crippen molar-refractivity contribution in [2.75, 3.05) is 6.61 Å². The number of rotatable bonds is 7. The average molecular weight is 532 g/mol. The lowest BCUT2D eigenvalue weighted by atomic mass is 9.96. The summed E-state index contributed by atoms with van der Waals surface area (Å²) in [5, 5.41) is 0. The second-order valence-corrected chi connectivity index (χ2v) is 8.20. The summed E-state index contributed by atoms with van der Waals surface area (Å²) in [7, 11) is 0. The molecule has 0 radical (unpaired) electrons. The van der Waals surface area contributed by atoms with Crippen LogP contribution < -0.4 is 0 Å². The molecule has 0 aromatic heterocycles. The van der Waals surface area contributed by atoms with Crippen molar-refractivity contribution >= 4 is 17.9 Å². The van der Waals surface area contributed by atoms with Crippen molar-refractivity contribution in [2.24, 2.45) is 0 Å². The van der Waals surface area contributed by atoms with E-state index in [1.807, 2.05) is 0 Å². The summed E-state index contributed by atoms with van der Waals surface area (Å²) in [6, 6.07) is 21.3. The van der Waals surface area contributed by atoms with Gasteiger partial charge in [-0.15, -0.1) is 0 Å². The summed E-state index contributed by atoms with van der Waals surface area (Å²) in [4.78, 5) is 37.5. The van der Waals surface area contributed by atoms with E-state index in [1.165, 1.54) is 72.8 Å². The van der Waals surface area contributed by atoms with E-state index in [0.717, 1.165) is 0 Å². The Labute approximate surface area is 213 Å². The van der Waals surface area contributed by atoms with Gasteiger partial charge in [-0.05, 0) is 36.4 Å². The van der Waals surface area contributed by atoms with Crippen LogP contribution in [0.15, 0.2) is 91.0 Å². The van der Waals surface area contributed by atoms with Gasteiger partial charge >= 0.3 is 29.8 Å². The fourth-order valence-electron chi connectivity index (χ4n) is 3.74. The molecule has 198 valence electrons. The number of benzene rings is 3. The predicted octanol–water partition coefficient (Wildman–Crippen LogP) is 4.92. The molecule has 0 N–H and O–H groups in total. The first-order chi connectivity index (χ1) is 18.1. The Kier molecular flexibility index (Phi) is 7.77. The molecule has 0 amide bonds. The zero-order valence-electron chi connectivity index (χ0n) is 19.5. The van der Waals surface area contributed by atoms with Crippen LogP contribution in [0.1, 0.15) is 31.1 Å². The van der Waals surface area contributed by atoms with E-state index in [0.29, 0.717) is 0 Å². The van der Waals surface area contributed by atoms with Crippen molar-refractivity contribution in [3.63, 3.8) is 0 Å². The first kappa shape index (κ1) is 26.8. The highest BCUT2D eigenvalue weighted by Gasteiger charge is 2.76. The summed E-state index contributed by atoms with van der Waals surface area (Å²) in [6.07, 6.45) is -13.3. The second kappa shape index (κ2) is 11.0. The Morgan fingerprint density at radius 3 is 1.58 bits per heavy atom. The Morgan fingerprint density at radius 1 is 0.711 bits per heavy atom. The minimum absolute atomic E-state index is 0.0673. The monoisotopic (exact) mass is 532 g/mol. The zero-order valence-corrected chi connectivity index (χ0v) is 19.5. The minimum atomic E-state index is -5.73. The lowest BCUT2D eigenvalue weighted by Gasteiger charge is -2.31. The topological polar surface area (TPSA) is 88.1 Å². The first-order valence-electron chi connectivity index (χ1n) is 11.3. The number of carbonyl (C=O) groups is 3. The van der Waals surface area contributed by atoms with Gasteiger partial charge in [0.2, 0.25) is 0 Å². The maximum atomic E-state index is 16.1. The maximum Gasteiger partial charge on any atom is 0.432 e. The van der Waals surface area contributed by atoms with Crippen LogP contribution in [0.5, 0.6) is 0 Å².